The maximum atomic E-state index is 12.4. The quantitative estimate of drug-likeness (QED) is 0.903. The summed E-state index contributed by atoms with van der Waals surface area (Å²) in [5.74, 6) is 1.87. The molecule has 0 aromatic carbocycles. The molecule has 4 heteroatoms. The Morgan fingerprint density at radius 2 is 2.22 bits per heavy atom. The number of aromatic nitrogens is 3. The number of rotatable bonds is 3. The molecule has 0 amide bonds. The summed E-state index contributed by atoms with van der Waals surface area (Å²) in [4.78, 5) is 17.0. The molecule has 0 aliphatic heterocycles. The smallest absolute Gasteiger partial charge is 0.274 e. The number of H-pyrrole nitrogens is 1. The molecule has 2 heterocycles. The zero-order chi connectivity index (χ0) is 12.9. The fourth-order valence-electron chi connectivity index (χ4n) is 2.52. The van der Waals surface area contributed by atoms with Gasteiger partial charge in [0, 0.05) is 11.5 Å². The molecule has 2 aromatic rings. The number of fused-ring (bicyclic) bond motifs is 1. The molecule has 0 unspecified atom stereocenters. The second-order valence-corrected chi connectivity index (χ2v) is 5.47. The van der Waals surface area contributed by atoms with Crippen molar-refractivity contribution < 1.29 is 0 Å². The van der Waals surface area contributed by atoms with E-state index in [0.717, 1.165) is 29.0 Å². The lowest BCUT2D eigenvalue weighted by atomic mass is 9.97. The third-order valence-corrected chi connectivity index (χ3v) is 3.72. The highest BCUT2D eigenvalue weighted by atomic mass is 16.1. The minimum absolute atomic E-state index is 0.0677. The SMILES string of the molecule is CCc1c(C(C)C)cc2nc(C3CC3)[nH]n2c1=O. The van der Waals surface area contributed by atoms with E-state index < -0.39 is 0 Å². The first-order valence-corrected chi connectivity index (χ1v) is 6.76. The van der Waals surface area contributed by atoms with Gasteiger partial charge in [0.05, 0.1) is 0 Å². The molecular weight excluding hydrogens is 226 g/mol. The number of aromatic amines is 1. The van der Waals surface area contributed by atoms with Crippen molar-refractivity contribution in [3.05, 3.63) is 33.4 Å². The molecule has 1 saturated carbocycles. The lowest BCUT2D eigenvalue weighted by Crippen LogP contribution is -2.21. The molecule has 3 rings (SSSR count). The van der Waals surface area contributed by atoms with E-state index in [9.17, 15) is 4.79 Å². The van der Waals surface area contributed by atoms with Crippen LogP contribution in [0.4, 0.5) is 0 Å². The van der Waals surface area contributed by atoms with E-state index in [1.54, 1.807) is 4.52 Å². The van der Waals surface area contributed by atoms with Crippen molar-refractivity contribution in [1.29, 1.82) is 0 Å². The molecular formula is C14H19N3O. The number of pyridine rings is 1. The van der Waals surface area contributed by atoms with Gasteiger partial charge in [-0.05, 0) is 36.8 Å². The van der Waals surface area contributed by atoms with E-state index in [0.29, 0.717) is 11.8 Å². The minimum Gasteiger partial charge on any atom is -0.276 e. The first-order valence-electron chi connectivity index (χ1n) is 6.76. The summed E-state index contributed by atoms with van der Waals surface area (Å²) in [6, 6.07) is 2.06. The molecule has 0 spiro atoms. The fraction of sp³-hybridized carbons (Fsp3) is 0.571. The normalized spacial score (nSPS) is 15.8. The molecule has 0 radical (unpaired) electrons. The van der Waals surface area contributed by atoms with Gasteiger partial charge in [0.25, 0.3) is 5.56 Å². The predicted octanol–water partition coefficient (Wildman–Crippen LogP) is 2.59. The van der Waals surface area contributed by atoms with Gasteiger partial charge >= 0.3 is 0 Å². The Bertz CT molecular complexity index is 647. The number of nitrogens with zero attached hydrogens (tertiary/aromatic N) is 2. The van der Waals surface area contributed by atoms with Crippen LogP contribution in [0.5, 0.6) is 0 Å². The average molecular weight is 245 g/mol. The van der Waals surface area contributed by atoms with Gasteiger partial charge in [-0.2, -0.15) is 4.52 Å². The molecule has 2 aromatic heterocycles. The molecule has 96 valence electrons. The topological polar surface area (TPSA) is 50.2 Å². The Balaban J connectivity index is 2.27. The lowest BCUT2D eigenvalue weighted by Gasteiger charge is -2.10. The number of hydrogen-bond donors (Lipinski definition) is 1. The van der Waals surface area contributed by atoms with Crippen molar-refractivity contribution >= 4 is 5.65 Å². The van der Waals surface area contributed by atoms with Crippen molar-refractivity contribution in [2.24, 2.45) is 0 Å². The van der Waals surface area contributed by atoms with Crippen LogP contribution in [0.25, 0.3) is 5.65 Å². The monoisotopic (exact) mass is 245 g/mol. The van der Waals surface area contributed by atoms with Gasteiger partial charge in [-0.15, -0.1) is 0 Å². The Labute approximate surface area is 106 Å². The fourth-order valence-corrected chi connectivity index (χ4v) is 2.52. The van der Waals surface area contributed by atoms with Crippen LogP contribution < -0.4 is 5.56 Å². The van der Waals surface area contributed by atoms with Crippen molar-refractivity contribution in [3.8, 4) is 0 Å². The molecule has 1 aliphatic rings. The molecule has 4 nitrogen and oxygen atoms in total. The largest absolute Gasteiger partial charge is 0.276 e. The summed E-state index contributed by atoms with van der Waals surface area (Å²) in [6.45, 7) is 6.28. The van der Waals surface area contributed by atoms with Crippen LogP contribution in [0.2, 0.25) is 0 Å². The van der Waals surface area contributed by atoms with Crippen LogP contribution in [0.3, 0.4) is 0 Å². The van der Waals surface area contributed by atoms with Crippen LogP contribution in [0.15, 0.2) is 10.9 Å². The molecule has 0 bridgehead atoms. The Kier molecular flexibility index (Phi) is 2.54. The van der Waals surface area contributed by atoms with Crippen molar-refractivity contribution in [3.63, 3.8) is 0 Å². The second kappa shape index (κ2) is 3.97. The van der Waals surface area contributed by atoms with Crippen LogP contribution in [-0.4, -0.2) is 14.6 Å². The highest BCUT2D eigenvalue weighted by Crippen LogP contribution is 2.38. The van der Waals surface area contributed by atoms with Crippen LogP contribution >= 0.6 is 0 Å². The minimum atomic E-state index is 0.0677. The standard InChI is InChI=1S/C14H19N3O/c1-4-10-11(8(2)3)7-12-15-13(9-5-6-9)16-17(12)14(10)18/h7-9H,4-6H2,1-3H3,(H,15,16). The van der Waals surface area contributed by atoms with E-state index in [1.165, 1.54) is 12.8 Å². The Morgan fingerprint density at radius 3 is 2.78 bits per heavy atom. The van der Waals surface area contributed by atoms with E-state index in [2.05, 4.69) is 30.0 Å². The number of hydrogen-bond acceptors (Lipinski definition) is 2. The van der Waals surface area contributed by atoms with E-state index >= 15 is 0 Å². The second-order valence-electron chi connectivity index (χ2n) is 5.47. The summed E-state index contributed by atoms with van der Waals surface area (Å²) < 4.78 is 1.61. The van der Waals surface area contributed by atoms with Gasteiger partial charge in [0.2, 0.25) is 0 Å². The Hall–Kier alpha value is -1.58. The van der Waals surface area contributed by atoms with Gasteiger partial charge in [-0.1, -0.05) is 20.8 Å². The molecule has 0 atom stereocenters. The van der Waals surface area contributed by atoms with Gasteiger partial charge in [-0.25, -0.2) is 4.98 Å². The predicted molar refractivity (Wildman–Crippen MR) is 71.3 cm³/mol. The van der Waals surface area contributed by atoms with E-state index in [-0.39, 0.29) is 5.56 Å². The Morgan fingerprint density at radius 1 is 1.50 bits per heavy atom. The van der Waals surface area contributed by atoms with Crippen LogP contribution in [0, 0.1) is 0 Å². The molecule has 18 heavy (non-hydrogen) atoms. The molecule has 0 saturated heterocycles. The van der Waals surface area contributed by atoms with E-state index in [4.69, 9.17) is 0 Å². The van der Waals surface area contributed by atoms with Crippen molar-refractivity contribution in [1.82, 2.24) is 14.6 Å². The first-order chi connectivity index (χ1) is 8.61. The van der Waals surface area contributed by atoms with Crippen molar-refractivity contribution in [2.75, 3.05) is 0 Å². The molecule has 1 aliphatic carbocycles. The average Bonchev–Trinajstić information content (AvgIpc) is 3.09. The van der Waals surface area contributed by atoms with Crippen LogP contribution in [-0.2, 0) is 6.42 Å². The third-order valence-electron chi connectivity index (χ3n) is 3.72. The zero-order valence-corrected chi connectivity index (χ0v) is 11.2. The van der Waals surface area contributed by atoms with E-state index in [1.807, 2.05) is 6.92 Å². The summed E-state index contributed by atoms with van der Waals surface area (Å²) in [6.07, 6.45) is 3.14. The molecule has 1 fully saturated rings. The highest BCUT2D eigenvalue weighted by Gasteiger charge is 2.27. The zero-order valence-electron chi connectivity index (χ0n) is 11.2. The van der Waals surface area contributed by atoms with Gasteiger partial charge < -0.3 is 0 Å². The molecule has 1 N–H and O–H groups in total. The third kappa shape index (κ3) is 1.67. The lowest BCUT2D eigenvalue weighted by molar-refractivity contribution is 0.800. The van der Waals surface area contributed by atoms with Gasteiger partial charge in [0.1, 0.15) is 5.82 Å². The maximum Gasteiger partial charge on any atom is 0.274 e. The maximum absolute atomic E-state index is 12.4. The summed E-state index contributed by atoms with van der Waals surface area (Å²) in [7, 11) is 0. The number of nitrogens with one attached hydrogen (secondary N) is 1. The highest BCUT2D eigenvalue weighted by molar-refractivity contribution is 5.45. The summed E-state index contributed by atoms with van der Waals surface area (Å²) in [5.41, 5.74) is 2.88. The summed E-state index contributed by atoms with van der Waals surface area (Å²) >= 11 is 0. The van der Waals surface area contributed by atoms with Gasteiger partial charge in [-0.3, -0.25) is 9.89 Å². The first kappa shape index (κ1) is 11.5. The van der Waals surface area contributed by atoms with Crippen LogP contribution in [0.1, 0.15) is 62.4 Å². The summed E-state index contributed by atoms with van der Waals surface area (Å²) in [5, 5.41) is 3.16. The van der Waals surface area contributed by atoms with Gasteiger partial charge in [0.15, 0.2) is 5.65 Å². The van der Waals surface area contributed by atoms with Crippen molar-refractivity contribution in [2.45, 2.75) is 51.9 Å².